The van der Waals surface area contributed by atoms with Crippen LogP contribution in [0.5, 0.6) is 0 Å². The highest BCUT2D eigenvalue weighted by Crippen LogP contribution is 2.19. The van der Waals surface area contributed by atoms with Gasteiger partial charge < -0.3 is 5.21 Å². The van der Waals surface area contributed by atoms with Gasteiger partial charge in [0.1, 0.15) is 0 Å². The van der Waals surface area contributed by atoms with E-state index in [0.717, 1.165) is 0 Å². The first-order chi connectivity index (χ1) is 18.3. The van der Waals surface area contributed by atoms with Crippen molar-refractivity contribution in [2.75, 3.05) is 0 Å². The molecule has 0 aromatic rings. The summed E-state index contributed by atoms with van der Waals surface area (Å²) in [6.45, 7) is 4.59. The van der Waals surface area contributed by atoms with Gasteiger partial charge in [0, 0.05) is 5.92 Å². The summed E-state index contributed by atoms with van der Waals surface area (Å²) in [5.74, 6) is 0.483. The Morgan fingerprint density at radius 2 is 0.595 bits per heavy atom. The molecule has 0 amide bonds. The van der Waals surface area contributed by atoms with Crippen LogP contribution in [0.2, 0.25) is 0 Å². The molecule has 0 rings (SSSR count). The van der Waals surface area contributed by atoms with Crippen LogP contribution in [0.3, 0.4) is 0 Å². The van der Waals surface area contributed by atoms with E-state index < -0.39 is 0 Å². The second-order valence-electron chi connectivity index (χ2n) is 12.2. The lowest BCUT2D eigenvalue weighted by Gasteiger charge is -2.10. The fourth-order valence-corrected chi connectivity index (χ4v) is 5.79. The molecule has 0 aromatic heterocycles. The zero-order chi connectivity index (χ0) is 26.9. The van der Waals surface area contributed by atoms with Crippen LogP contribution < -0.4 is 5.16 Å². The highest BCUT2D eigenvalue weighted by molar-refractivity contribution is 5.53. The summed E-state index contributed by atoms with van der Waals surface area (Å²) in [6, 6.07) is 0. The van der Waals surface area contributed by atoms with Gasteiger partial charge >= 0.3 is 0 Å². The molecule has 2 heteroatoms. The van der Waals surface area contributed by atoms with E-state index >= 15 is 0 Å². The first kappa shape index (κ1) is 36.5. The predicted octanol–water partition coefficient (Wildman–Crippen LogP) is 11.4. The van der Waals surface area contributed by atoms with Gasteiger partial charge in [-0.05, 0) is 12.8 Å². The van der Waals surface area contributed by atoms with Gasteiger partial charge in [-0.25, -0.2) is 5.16 Å². The molecule has 0 spiro atoms. The average Bonchev–Trinajstić information content (AvgIpc) is 2.91. The van der Waals surface area contributed by atoms with E-state index in [0.29, 0.717) is 5.92 Å². The number of nitrogens with one attached hydrogen (secondary N) is 1. The summed E-state index contributed by atoms with van der Waals surface area (Å²) in [5.41, 5.74) is 0. The lowest BCUT2D eigenvalue weighted by atomic mass is 9.95. The maximum atomic E-state index is 10.9. The Bertz CT molecular complexity index is 421. The normalized spacial score (nSPS) is 12.6. The van der Waals surface area contributed by atoms with Crippen LogP contribution in [0, 0.1) is 11.1 Å². The molecule has 0 heterocycles. The molecule has 2 nitrogen and oxygen atoms in total. The summed E-state index contributed by atoms with van der Waals surface area (Å²) < 4.78 is 0. The summed E-state index contributed by atoms with van der Waals surface area (Å²) in [5, 5.41) is 13.0. The Labute approximate surface area is 235 Å². The quantitative estimate of drug-likeness (QED) is 0.0406. The third-order valence-corrected chi connectivity index (χ3v) is 8.41. The number of hydrogen-bond acceptors (Lipinski definition) is 1. The van der Waals surface area contributed by atoms with Crippen LogP contribution >= 0.6 is 0 Å². The minimum Gasteiger partial charge on any atom is -0.626 e. The Morgan fingerprint density at radius 1 is 0.378 bits per heavy atom. The van der Waals surface area contributed by atoms with E-state index in [1.54, 1.807) is 0 Å². The second-order valence-corrected chi connectivity index (χ2v) is 12.2. The van der Waals surface area contributed by atoms with E-state index in [-0.39, 0.29) is 0 Å². The molecule has 1 N–H and O–H groups in total. The van der Waals surface area contributed by atoms with Crippen LogP contribution in [-0.4, -0.2) is 6.21 Å². The molecule has 0 aliphatic heterocycles. The summed E-state index contributed by atoms with van der Waals surface area (Å²) in [6.07, 6.45) is 45.2. The summed E-state index contributed by atoms with van der Waals surface area (Å²) >= 11 is 0. The van der Waals surface area contributed by atoms with Crippen molar-refractivity contribution in [1.82, 2.24) is 0 Å². The molecule has 0 aromatic carbocycles. The van der Waals surface area contributed by atoms with E-state index in [9.17, 15) is 5.21 Å². The highest BCUT2D eigenvalue weighted by atomic mass is 16.4. The SMILES string of the molecule is CCCCCCCCCCCCCCCCCC(C=[NH+][O-])CCCCCCCCCCCCCCCC. The van der Waals surface area contributed by atoms with Crippen molar-refractivity contribution in [3.8, 4) is 0 Å². The minimum atomic E-state index is 0.483. The van der Waals surface area contributed by atoms with Gasteiger partial charge in [-0.15, -0.1) is 0 Å². The smallest absolute Gasteiger partial charge is 0.151 e. The monoisotopic (exact) mass is 522 g/mol. The molecule has 0 bridgehead atoms. The van der Waals surface area contributed by atoms with Crippen LogP contribution in [0.15, 0.2) is 0 Å². The van der Waals surface area contributed by atoms with Gasteiger partial charge in [0.15, 0.2) is 6.21 Å². The first-order valence-corrected chi connectivity index (χ1v) is 17.6. The molecule has 37 heavy (non-hydrogen) atoms. The Balaban J connectivity index is 3.38. The summed E-state index contributed by atoms with van der Waals surface area (Å²) in [7, 11) is 0. The third kappa shape index (κ3) is 31.6. The summed E-state index contributed by atoms with van der Waals surface area (Å²) in [4.78, 5) is 0. The molecule has 1 unspecified atom stereocenters. The maximum Gasteiger partial charge on any atom is 0.151 e. The van der Waals surface area contributed by atoms with Crippen molar-refractivity contribution in [1.29, 1.82) is 0 Å². The number of hydrogen-bond donors (Lipinski definition) is 1. The van der Waals surface area contributed by atoms with Crippen molar-refractivity contribution in [3.63, 3.8) is 0 Å². The topological polar surface area (TPSA) is 37.0 Å². The minimum absolute atomic E-state index is 0.483. The van der Waals surface area contributed by atoms with E-state index in [2.05, 4.69) is 19.0 Å². The molecule has 0 saturated carbocycles. The Kier molecular flexibility index (Phi) is 33.0. The Hall–Kier alpha value is -0.530. The highest BCUT2D eigenvalue weighted by Gasteiger charge is 2.08. The van der Waals surface area contributed by atoms with E-state index in [4.69, 9.17) is 0 Å². The zero-order valence-electron chi connectivity index (χ0n) is 26.0. The standard InChI is InChI=1S/C35H71NO/c1-3-5-7-9-11-13-15-17-19-21-23-25-27-29-31-33-35(34-36-37)32-30-28-26-24-22-20-18-16-14-12-10-8-6-4-2/h34-36H,3-33H2,1-2H3. The molecular formula is C35H71NO. The molecule has 0 fully saturated rings. The third-order valence-electron chi connectivity index (χ3n) is 8.41. The zero-order valence-corrected chi connectivity index (χ0v) is 26.0. The van der Waals surface area contributed by atoms with Crippen LogP contribution in [-0.2, 0) is 0 Å². The molecule has 0 aliphatic rings. The second kappa shape index (κ2) is 33.5. The van der Waals surface area contributed by atoms with Crippen LogP contribution in [0.1, 0.15) is 213 Å². The van der Waals surface area contributed by atoms with E-state index in [1.807, 2.05) is 6.21 Å². The molecule has 222 valence electrons. The molecule has 0 aliphatic carbocycles. The van der Waals surface area contributed by atoms with Gasteiger partial charge in [0.05, 0.1) is 0 Å². The van der Waals surface area contributed by atoms with E-state index in [1.165, 1.54) is 199 Å². The van der Waals surface area contributed by atoms with Gasteiger partial charge in [0.25, 0.3) is 0 Å². The fourth-order valence-electron chi connectivity index (χ4n) is 5.79. The van der Waals surface area contributed by atoms with Crippen molar-refractivity contribution < 1.29 is 5.16 Å². The maximum absolute atomic E-state index is 10.9. The van der Waals surface area contributed by atoms with Crippen molar-refractivity contribution in [3.05, 3.63) is 5.21 Å². The Morgan fingerprint density at radius 3 is 0.811 bits per heavy atom. The van der Waals surface area contributed by atoms with Gasteiger partial charge in [-0.3, -0.25) is 0 Å². The van der Waals surface area contributed by atoms with Crippen molar-refractivity contribution in [2.24, 2.45) is 5.92 Å². The predicted molar refractivity (Wildman–Crippen MR) is 168 cm³/mol. The average molecular weight is 522 g/mol. The van der Waals surface area contributed by atoms with Gasteiger partial charge in [-0.2, -0.15) is 0 Å². The lowest BCUT2D eigenvalue weighted by Crippen LogP contribution is -2.61. The largest absolute Gasteiger partial charge is 0.626 e. The molecular weight excluding hydrogens is 450 g/mol. The molecule has 0 saturated heterocycles. The van der Waals surface area contributed by atoms with Crippen molar-refractivity contribution >= 4 is 6.21 Å². The first-order valence-electron chi connectivity index (χ1n) is 17.6. The van der Waals surface area contributed by atoms with Gasteiger partial charge in [-0.1, -0.05) is 200 Å². The number of unbranched alkanes of at least 4 members (excludes halogenated alkanes) is 27. The van der Waals surface area contributed by atoms with Gasteiger partial charge in [0.2, 0.25) is 0 Å². The van der Waals surface area contributed by atoms with Crippen LogP contribution in [0.25, 0.3) is 0 Å². The van der Waals surface area contributed by atoms with Crippen LogP contribution in [0.4, 0.5) is 0 Å². The molecule has 0 radical (unpaired) electrons. The lowest BCUT2D eigenvalue weighted by molar-refractivity contribution is -0.370. The molecule has 1 atom stereocenters. The fraction of sp³-hybridized carbons (Fsp3) is 0.971. The number of rotatable bonds is 32. The van der Waals surface area contributed by atoms with Crippen molar-refractivity contribution in [2.45, 2.75) is 213 Å².